The number of likely N-dealkylation sites (N-methyl/N-ethyl adjacent to an activating group) is 1. The summed E-state index contributed by atoms with van der Waals surface area (Å²) in [6, 6.07) is 19.4. The average Bonchev–Trinajstić information content (AvgIpc) is 3.12. The van der Waals surface area contributed by atoms with Gasteiger partial charge in [0.25, 0.3) is 0 Å². The van der Waals surface area contributed by atoms with E-state index in [2.05, 4.69) is 9.88 Å². The fraction of sp³-hybridized carbons (Fsp3) is 0.185. The standard InChI is InChI=1S/C27H27FN4O3/c1-31(2)15-17-7-10-20(11-8-17)29-26(18-5-4-6-21(13-18)32(3)16-24(33)34)25-22-12-9-19(28)14-23(22)30-27(25)35/h4-14,30,35H,15-16H2,1-3H3,(H,33,34). The number of hydrogen-bond acceptors (Lipinski definition) is 5. The second-order valence-electron chi connectivity index (χ2n) is 8.70. The van der Waals surface area contributed by atoms with Gasteiger partial charge in [-0.3, -0.25) is 4.79 Å². The third-order valence-electron chi connectivity index (χ3n) is 5.59. The molecule has 4 rings (SSSR count). The number of aromatic amines is 1. The summed E-state index contributed by atoms with van der Waals surface area (Å²) in [6.07, 6.45) is 0. The normalized spacial score (nSPS) is 11.9. The third-order valence-corrected chi connectivity index (χ3v) is 5.59. The van der Waals surface area contributed by atoms with Crippen LogP contribution in [-0.2, 0) is 11.3 Å². The number of aliphatic imine (C=N–C) groups is 1. The number of fused-ring (bicyclic) bond motifs is 1. The number of hydrogen-bond donors (Lipinski definition) is 3. The molecule has 3 N–H and O–H groups in total. The lowest BCUT2D eigenvalue weighted by atomic mass is 10.00. The molecule has 1 aromatic heterocycles. The zero-order valence-corrected chi connectivity index (χ0v) is 19.8. The molecular weight excluding hydrogens is 447 g/mol. The molecule has 0 spiro atoms. The largest absolute Gasteiger partial charge is 0.494 e. The van der Waals surface area contributed by atoms with Gasteiger partial charge in [0.15, 0.2) is 5.88 Å². The fourth-order valence-corrected chi connectivity index (χ4v) is 4.01. The lowest BCUT2D eigenvalue weighted by molar-refractivity contribution is -0.135. The number of aromatic hydroxyl groups is 1. The Bertz CT molecular complexity index is 1390. The Kier molecular flexibility index (Phi) is 6.84. The quantitative estimate of drug-likeness (QED) is 0.320. The number of carbonyl (C=O) groups is 1. The molecule has 0 fully saturated rings. The van der Waals surface area contributed by atoms with Crippen molar-refractivity contribution in [3.8, 4) is 5.88 Å². The minimum atomic E-state index is -0.944. The predicted octanol–water partition coefficient (Wildman–Crippen LogP) is 4.76. The van der Waals surface area contributed by atoms with Crippen molar-refractivity contribution in [2.45, 2.75) is 6.54 Å². The van der Waals surface area contributed by atoms with Crippen LogP contribution in [0.5, 0.6) is 5.88 Å². The highest BCUT2D eigenvalue weighted by Gasteiger charge is 2.20. The van der Waals surface area contributed by atoms with Crippen molar-refractivity contribution in [1.29, 1.82) is 0 Å². The molecule has 0 aliphatic heterocycles. The summed E-state index contributed by atoms with van der Waals surface area (Å²) in [7, 11) is 5.70. The van der Waals surface area contributed by atoms with Gasteiger partial charge in [-0.15, -0.1) is 0 Å². The lowest BCUT2D eigenvalue weighted by Gasteiger charge is -2.18. The minimum Gasteiger partial charge on any atom is -0.494 e. The van der Waals surface area contributed by atoms with E-state index in [4.69, 9.17) is 4.99 Å². The van der Waals surface area contributed by atoms with Crippen molar-refractivity contribution >= 4 is 34.0 Å². The van der Waals surface area contributed by atoms with Gasteiger partial charge in [-0.25, -0.2) is 9.38 Å². The van der Waals surface area contributed by atoms with Crippen LogP contribution in [0.4, 0.5) is 15.8 Å². The maximum atomic E-state index is 13.8. The fourth-order valence-electron chi connectivity index (χ4n) is 4.01. The van der Waals surface area contributed by atoms with Gasteiger partial charge in [0.2, 0.25) is 0 Å². The second kappa shape index (κ2) is 9.99. The molecule has 0 amide bonds. The SMILES string of the molecule is CN(C)Cc1ccc(N=C(c2cccc(N(C)CC(=O)O)c2)c2c(O)[nH]c3cc(F)ccc23)cc1. The first kappa shape index (κ1) is 24.0. The van der Waals surface area contributed by atoms with Crippen molar-refractivity contribution in [2.24, 2.45) is 4.99 Å². The molecule has 0 aliphatic rings. The number of aliphatic carboxylic acids is 1. The minimum absolute atomic E-state index is 0.127. The molecule has 0 bridgehead atoms. The average molecular weight is 475 g/mol. The smallest absolute Gasteiger partial charge is 0.323 e. The van der Waals surface area contributed by atoms with Crippen molar-refractivity contribution < 1.29 is 19.4 Å². The van der Waals surface area contributed by atoms with E-state index < -0.39 is 11.8 Å². The van der Waals surface area contributed by atoms with E-state index >= 15 is 0 Å². The van der Waals surface area contributed by atoms with Crippen LogP contribution in [0.1, 0.15) is 16.7 Å². The molecule has 7 nitrogen and oxygen atoms in total. The number of H-pyrrole nitrogens is 1. The molecule has 0 unspecified atom stereocenters. The molecule has 0 atom stereocenters. The molecule has 4 aromatic rings. The number of rotatable bonds is 8. The van der Waals surface area contributed by atoms with Crippen molar-refractivity contribution in [3.63, 3.8) is 0 Å². The van der Waals surface area contributed by atoms with E-state index in [0.717, 1.165) is 12.1 Å². The second-order valence-corrected chi connectivity index (χ2v) is 8.70. The van der Waals surface area contributed by atoms with E-state index in [-0.39, 0.29) is 12.4 Å². The van der Waals surface area contributed by atoms with Crippen molar-refractivity contribution in [3.05, 3.63) is 89.2 Å². The third kappa shape index (κ3) is 5.50. The van der Waals surface area contributed by atoms with E-state index in [1.54, 1.807) is 18.0 Å². The van der Waals surface area contributed by atoms with Crippen LogP contribution in [0.15, 0.2) is 71.7 Å². The Hall–Kier alpha value is -4.17. The number of aromatic nitrogens is 1. The van der Waals surface area contributed by atoms with Crippen LogP contribution in [-0.4, -0.2) is 59.5 Å². The highest BCUT2D eigenvalue weighted by molar-refractivity contribution is 6.22. The van der Waals surface area contributed by atoms with Crippen LogP contribution in [0.2, 0.25) is 0 Å². The summed E-state index contributed by atoms with van der Waals surface area (Å²) in [6.45, 7) is 0.629. The Labute approximate surface area is 202 Å². The molecular formula is C27H27FN4O3. The molecule has 8 heteroatoms. The highest BCUT2D eigenvalue weighted by Crippen LogP contribution is 2.32. The number of carboxylic acid groups (broad SMARTS) is 1. The van der Waals surface area contributed by atoms with Gasteiger partial charge < -0.3 is 25.0 Å². The molecule has 0 aliphatic carbocycles. The zero-order valence-electron chi connectivity index (χ0n) is 19.8. The summed E-state index contributed by atoms with van der Waals surface area (Å²) >= 11 is 0. The first-order valence-corrected chi connectivity index (χ1v) is 11.1. The summed E-state index contributed by atoms with van der Waals surface area (Å²) in [5.74, 6) is -1.49. The number of benzene rings is 3. The van der Waals surface area contributed by atoms with E-state index in [0.29, 0.717) is 39.1 Å². The molecule has 0 saturated heterocycles. The van der Waals surface area contributed by atoms with Gasteiger partial charge in [0.1, 0.15) is 12.4 Å². The van der Waals surface area contributed by atoms with E-state index in [1.807, 2.05) is 62.6 Å². The summed E-state index contributed by atoms with van der Waals surface area (Å²) in [5.41, 5.74) is 4.55. The van der Waals surface area contributed by atoms with Crippen LogP contribution in [0, 0.1) is 5.82 Å². The number of carboxylic acids is 1. The van der Waals surface area contributed by atoms with Crippen LogP contribution in [0.3, 0.4) is 0 Å². The Morgan fingerprint density at radius 2 is 1.77 bits per heavy atom. The molecule has 3 aromatic carbocycles. The van der Waals surface area contributed by atoms with Crippen LogP contribution >= 0.6 is 0 Å². The zero-order chi connectivity index (χ0) is 25.1. The Morgan fingerprint density at radius 1 is 1.03 bits per heavy atom. The van der Waals surface area contributed by atoms with E-state index in [1.165, 1.54) is 12.1 Å². The Morgan fingerprint density at radius 3 is 2.46 bits per heavy atom. The maximum Gasteiger partial charge on any atom is 0.323 e. The van der Waals surface area contributed by atoms with Gasteiger partial charge in [-0.1, -0.05) is 24.3 Å². The van der Waals surface area contributed by atoms with Gasteiger partial charge in [-0.2, -0.15) is 0 Å². The monoisotopic (exact) mass is 474 g/mol. The summed E-state index contributed by atoms with van der Waals surface area (Å²) in [4.78, 5) is 22.6. The first-order valence-electron chi connectivity index (χ1n) is 11.1. The van der Waals surface area contributed by atoms with Gasteiger partial charge >= 0.3 is 5.97 Å². The van der Waals surface area contributed by atoms with Crippen molar-refractivity contribution in [1.82, 2.24) is 9.88 Å². The van der Waals surface area contributed by atoms with Gasteiger partial charge in [-0.05, 0) is 62.1 Å². The van der Waals surface area contributed by atoms with Gasteiger partial charge in [0.05, 0.1) is 22.5 Å². The Balaban J connectivity index is 1.87. The number of nitrogens with one attached hydrogen (secondary N) is 1. The van der Waals surface area contributed by atoms with Crippen molar-refractivity contribution in [2.75, 3.05) is 32.6 Å². The molecule has 35 heavy (non-hydrogen) atoms. The molecule has 1 heterocycles. The highest BCUT2D eigenvalue weighted by atomic mass is 19.1. The summed E-state index contributed by atoms with van der Waals surface area (Å²) < 4.78 is 13.8. The molecule has 180 valence electrons. The van der Waals surface area contributed by atoms with Crippen LogP contribution < -0.4 is 4.90 Å². The van der Waals surface area contributed by atoms with Crippen LogP contribution in [0.25, 0.3) is 10.9 Å². The van der Waals surface area contributed by atoms with E-state index in [9.17, 15) is 19.4 Å². The van der Waals surface area contributed by atoms with Gasteiger partial charge in [0, 0.05) is 30.2 Å². The lowest BCUT2D eigenvalue weighted by Crippen LogP contribution is -2.25. The molecule has 0 saturated carbocycles. The topological polar surface area (TPSA) is 92.2 Å². The predicted molar refractivity (Wildman–Crippen MR) is 136 cm³/mol. The molecule has 0 radical (unpaired) electrons. The maximum absolute atomic E-state index is 13.8. The summed E-state index contributed by atoms with van der Waals surface area (Å²) in [5, 5.41) is 20.6. The number of nitrogens with zero attached hydrogens (tertiary/aromatic N) is 3. The number of anilines is 1. The number of halogens is 1. The first-order chi connectivity index (χ1) is 16.7.